The van der Waals surface area contributed by atoms with Crippen molar-refractivity contribution in [1.29, 1.82) is 0 Å². The second kappa shape index (κ2) is 6.04. The minimum Gasteiger partial charge on any atom is -0.486 e. The van der Waals surface area contributed by atoms with E-state index in [4.69, 9.17) is 4.74 Å². The zero-order valence-electron chi connectivity index (χ0n) is 13.7. The molecular formula is C17H22N4O2. The maximum atomic E-state index is 12.6. The van der Waals surface area contributed by atoms with Crippen LogP contribution in [0.3, 0.4) is 0 Å². The molecule has 2 aromatic rings. The van der Waals surface area contributed by atoms with Crippen molar-refractivity contribution in [2.24, 2.45) is 0 Å². The van der Waals surface area contributed by atoms with Crippen molar-refractivity contribution in [3.8, 4) is 5.75 Å². The lowest BCUT2D eigenvalue weighted by molar-refractivity contribution is 0.101. The van der Waals surface area contributed by atoms with E-state index in [1.807, 2.05) is 45.0 Å². The fraction of sp³-hybridized carbons (Fsp3) is 0.412. The Hall–Kier alpha value is -2.34. The summed E-state index contributed by atoms with van der Waals surface area (Å²) in [5.74, 6) is 0.423. The molecule has 0 spiro atoms. The SMILES string of the molecule is CC(C)(C)Oc1ccccc1NC(=O)c1n[nH]c2c1CNCC2. The molecule has 0 bridgehead atoms. The van der Waals surface area contributed by atoms with Gasteiger partial charge in [0.25, 0.3) is 5.91 Å². The first-order valence-corrected chi connectivity index (χ1v) is 7.80. The molecule has 0 saturated heterocycles. The van der Waals surface area contributed by atoms with Crippen LogP contribution < -0.4 is 15.4 Å². The summed E-state index contributed by atoms with van der Waals surface area (Å²) in [7, 11) is 0. The third-order valence-corrected chi connectivity index (χ3v) is 3.57. The van der Waals surface area contributed by atoms with E-state index in [1.165, 1.54) is 0 Å². The van der Waals surface area contributed by atoms with Gasteiger partial charge in [-0.1, -0.05) is 12.1 Å². The van der Waals surface area contributed by atoms with Gasteiger partial charge in [-0.3, -0.25) is 9.89 Å². The summed E-state index contributed by atoms with van der Waals surface area (Å²) in [6, 6.07) is 7.43. The Kier molecular flexibility index (Phi) is 4.09. The first kappa shape index (κ1) is 15.6. The predicted octanol–water partition coefficient (Wildman–Crippen LogP) is 2.49. The van der Waals surface area contributed by atoms with E-state index in [1.54, 1.807) is 0 Å². The van der Waals surface area contributed by atoms with Crippen molar-refractivity contribution >= 4 is 11.6 Å². The highest BCUT2D eigenvalue weighted by Crippen LogP contribution is 2.28. The van der Waals surface area contributed by atoms with Gasteiger partial charge < -0.3 is 15.4 Å². The molecule has 122 valence electrons. The van der Waals surface area contributed by atoms with Gasteiger partial charge in [-0.05, 0) is 32.9 Å². The lowest BCUT2D eigenvalue weighted by atomic mass is 10.1. The number of para-hydroxylation sites is 2. The normalized spacial score (nSPS) is 14.2. The molecule has 3 N–H and O–H groups in total. The number of carbonyl (C=O) groups excluding carboxylic acids is 1. The van der Waals surface area contributed by atoms with Crippen molar-refractivity contribution in [3.63, 3.8) is 0 Å². The molecule has 0 radical (unpaired) electrons. The molecule has 1 aromatic carbocycles. The Morgan fingerprint density at radius 2 is 2.09 bits per heavy atom. The van der Waals surface area contributed by atoms with E-state index in [-0.39, 0.29) is 11.5 Å². The third-order valence-electron chi connectivity index (χ3n) is 3.57. The van der Waals surface area contributed by atoms with Gasteiger partial charge in [0, 0.05) is 30.8 Å². The molecule has 0 fully saturated rings. The summed E-state index contributed by atoms with van der Waals surface area (Å²) in [4.78, 5) is 12.6. The van der Waals surface area contributed by atoms with Gasteiger partial charge in [0.05, 0.1) is 5.69 Å². The molecule has 0 unspecified atom stereocenters. The maximum Gasteiger partial charge on any atom is 0.276 e. The summed E-state index contributed by atoms with van der Waals surface area (Å²) in [6.07, 6.45) is 0.860. The molecule has 1 aromatic heterocycles. The fourth-order valence-electron chi connectivity index (χ4n) is 2.58. The van der Waals surface area contributed by atoms with Crippen LogP contribution in [0, 0.1) is 0 Å². The standard InChI is InChI=1S/C17H22N4O2/c1-17(2,3)23-14-7-5-4-6-13(14)19-16(22)15-11-10-18-9-8-12(11)20-21-15/h4-7,18H,8-10H2,1-3H3,(H,19,22)(H,20,21). The number of hydrogen-bond acceptors (Lipinski definition) is 4. The summed E-state index contributed by atoms with van der Waals surface area (Å²) >= 11 is 0. The van der Waals surface area contributed by atoms with Crippen molar-refractivity contribution in [2.45, 2.75) is 39.3 Å². The molecular weight excluding hydrogens is 292 g/mol. The Bertz CT molecular complexity index is 716. The summed E-state index contributed by atoms with van der Waals surface area (Å²) < 4.78 is 5.91. The van der Waals surface area contributed by atoms with Crippen molar-refractivity contribution in [3.05, 3.63) is 41.2 Å². The average molecular weight is 314 g/mol. The fourth-order valence-corrected chi connectivity index (χ4v) is 2.58. The topological polar surface area (TPSA) is 79.0 Å². The Balaban J connectivity index is 1.82. The molecule has 1 aliphatic heterocycles. The second-order valence-corrected chi connectivity index (χ2v) is 6.62. The van der Waals surface area contributed by atoms with Crippen molar-refractivity contribution in [2.75, 3.05) is 11.9 Å². The van der Waals surface area contributed by atoms with E-state index in [0.717, 1.165) is 24.2 Å². The van der Waals surface area contributed by atoms with Crippen LogP contribution in [-0.4, -0.2) is 28.3 Å². The highest BCUT2D eigenvalue weighted by Gasteiger charge is 2.23. The van der Waals surface area contributed by atoms with Gasteiger partial charge >= 0.3 is 0 Å². The van der Waals surface area contributed by atoms with Gasteiger partial charge in [-0.15, -0.1) is 0 Å². The van der Waals surface area contributed by atoms with Crippen molar-refractivity contribution in [1.82, 2.24) is 15.5 Å². The third kappa shape index (κ3) is 3.53. The number of H-pyrrole nitrogens is 1. The summed E-state index contributed by atoms with van der Waals surface area (Å²) in [5.41, 5.74) is 2.73. The molecule has 6 heteroatoms. The molecule has 1 amide bonds. The molecule has 2 heterocycles. The average Bonchev–Trinajstić information content (AvgIpc) is 2.92. The van der Waals surface area contributed by atoms with E-state index in [0.29, 0.717) is 23.7 Å². The molecule has 0 atom stereocenters. The number of carbonyl (C=O) groups is 1. The van der Waals surface area contributed by atoms with Crippen LogP contribution in [0.15, 0.2) is 24.3 Å². The van der Waals surface area contributed by atoms with E-state index in [2.05, 4.69) is 20.8 Å². The van der Waals surface area contributed by atoms with Gasteiger partial charge in [0.2, 0.25) is 0 Å². The van der Waals surface area contributed by atoms with Crippen LogP contribution in [0.4, 0.5) is 5.69 Å². The number of aromatic amines is 1. The Morgan fingerprint density at radius 3 is 2.87 bits per heavy atom. The Morgan fingerprint density at radius 1 is 1.30 bits per heavy atom. The molecule has 1 aliphatic rings. The van der Waals surface area contributed by atoms with Crippen LogP contribution in [0.2, 0.25) is 0 Å². The molecule has 23 heavy (non-hydrogen) atoms. The lowest BCUT2D eigenvalue weighted by Gasteiger charge is -2.23. The predicted molar refractivity (Wildman–Crippen MR) is 88.8 cm³/mol. The number of ether oxygens (including phenoxy) is 1. The number of nitrogens with zero attached hydrogens (tertiary/aromatic N) is 1. The number of benzene rings is 1. The first-order chi connectivity index (χ1) is 10.9. The number of amides is 1. The van der Waals surface area contributed by atoms with Gasteiger partial charge in [0.15, 0.2) is 5.69 Å². The van der Waals surface area contributed by atoms with E-state index < -0.39 is 0 Å². The Labute approximate surface area is 135 Å². The molecule has 0 saturated carbocycles. The van der Waals surface area contributed by atoms with Crippen LogP contribution >= 0.6 is 0 Å². The minimum atomic E-state index is -0.337. The van der Waals surface area contributed by atoms with Crippen molar-refractivity contribution < 1.29 is 9.53 Å². The number of rotatable bonds is 3. The largest absolute Gasteiger partial charge is 0.486 e. The van der Waals surface area contributed by atoms with E-state index in [9.17, 15) is 4.79 Å². The highest BCUT2D eigenvalue weighted by molar-refractivity contribution is 6.04. The minimum absolute atomic E-state index is 0.226. The van der Waals surface area contributed by atoms with Gasteiger partial charge in [-0.2, -0.15) is 5.10 Å². The van der Waals surface area contributed by atoms with Crippen LogP contribution in [0.25, 0.3) is 0 Å². The monoisotopic (exact) mass is 314 g/mol. The van der Waals surface area contributed by atoms with Crippen LogP contribution in [0.5, 0.6) is 5.75 Å². The lowest BCUT2D eigenvalue weighted by Crippen LogP contribution is -2.26. The molecule has 3 rings (SSSR count). The second-order valence-electron chi connectivity index (χ2n) is 6.62. The quantitative estimate of drug-likeness (QED) is 0.813. The molecule has 6 nitrogen and oxygen atoms in total. The van der Waals surface area contributed by atoms with Gasteiger partial charge in [0.1, 0.15) is 11.4 Å². The summed E-state index contributed by atoms with van der Waals surface area (Å²) in [6.45, 7) is 7.48. The number of fused-ring (bicyclic) bond motifs is 1. The van der Waals surface area contributed by atoms with Crippen LogP contribution in [-0.2, 0) is 13.0 Å². The smallest absolute Gasteiger partial charge is 0.276 e. The van der Waals surface area contributed by atoms with E-state index >= 15 is 0 Å². The summed E-state index contributed by atoms with van der Waals surface area (Å²) in [5, 5.41) is 13.3. The highest BCUT2D eigenvalue weighted by atomic mass is 16.5. The zero-order chi connectivity index (χ0) is 16.4. The maximum absolute atomic E-state index is 12.6. The number of hydrogen-bond donors (Lipinski definition) is 3. The van der Waals surface area contributed by atoms with Gasteiger partial charge in [-0.25, -0.2) is 0 Å². The molecule has 0 aliphatic carbocycles. The number of aromatic nitrogens is 2. The van der Waals surface area contributed by atoms with Crippen LogP contribution in [0.1, 0.15) is 42.5 Å². The zero-order valence-corrected chi connectivity index (χ0v) is 13.7. The first-order valence-electron chi connectivity index (χ1n) is 7.80. The number of anilines is 1. The number of nitrogens with one attached hydrogen (secondary N) is 3.